The van der Waals surface area contributed by atoms with Crippen LogP contribution >= 0.6 is 24.8 Å². The number of halogens is 2. The molecule has 2 atom stereocenters. The van der Waals surface area contributed by atoms with Gasteiger partial charge >= 0.3 is 0 Å². The van der Waals surface area contributed by atoms with Gasteiger partial charge in [0, 0.05) is 24.6 Å². The van der Waals surface area contributed by atoms with Crippen LogP contribution in [0.25, 0.3) is 5.69 Å². The summed E-state index contributed by atoms with van der Waals surface area (Å²) in [6.45, 7) is 3.74. The topological polar surface area (TPSA) is 59.0 Å². The number of nitrogens with one attached hydrogen (secondary N) is 2. The second-order valence-corrected chi connectivity index (χ2v) is 5.48. The van der Waals surface area contributed by atoms with E-state index in [0.29, 0.717) is 0 Å². The number of rotatable bonds is 4. The number of carbonyl (C=O) groups is 1. The van der Waals surface area contributed by atoms with Crippen molar-refractivity contribution in [2.24, 2.45) is 5.92 Å². The van der Waals surface area contributed by atoms with Crippen molar-refractivity contribution >= 4 is 30.7 Å². The molecule has 2 heterocycles. The van der Waals surface area contributed by atoms with Gasteiger partial charge in [0.1, 0.15) is 0 Å². The van der Waals surface area contributed by atoms with Gasteiger partial charge in [-0.05, 0) is 37.6 Å². The minimum atomic E-state index is 0. The Labute approximate surface area is 148 Å². The molecular formula is C16H22Cl2N4O. The number of hydrogen-bond donors (Lipinski definition) is 2. The molecule has 7 heteroatoms. The standard InChI is InChI=1S/C16H20N4O.2ClH/c1-12(19-16(21)14-5-6-17-10-14)13-3-2-4-15(9-13)20-8-7-18-11-20;;/h2-4,7-9,11-12,14,17H,5-6,10H2,1H3,(H,19,21);2*1H. The van der Waals surface area contributed by atoms with Crippen molar-refractivity contribution in [3.63, 3.8) is 0 Å². The Morgan fingerprint density at radius 2 is 2.26 bits per heavy atom. The molecule has 126 valence electrons. The van der Waals surface area contributed by atoms with E-state index < -0.39 is 0 Å². The van der Waals surface area contributed by atoms with E-state index in [9.17, 15) is 4.79 Å². The predicted octanol–water partition coefficient (Wildman–Crippen LogP) is 2.50. The third-order valence-corrected chi connectivity index (χ3v) is 3.96. The van der Waals surface area contributed by atoms with E-state index in [-0.39, 0.29) is 42.7 Å². The van der Waals surface area contributed by atoms with E-state index in [1.54, 1.807) is 12.5 Å². The number of amides is 1. The van der Waals surface area contributed by atoms with Crippen LogP contribution in [0.1, 0.15) is 24.9 Å². The normalized spacial score (nSPS) is 17.7. The summed E-state index contributed by atoms with van der Waals surface area (Å²) in [5.74, 6) is 0.241. The summed E-state index contributed by atoms with van der Waals surface area (Å²) in [6.07, 6.45) is 6.36. The number of carbonyl (C=O) groups excluding carboxylic acids is 1. The lowest BCUT2D eigenvalue weighted by molar-refractivity contribution is -0.125. The lowest BCUT2D eigenvalue weighted by Gasteiger charge is -2.18. The summed E-state index contributed by atoms with van der Waals surface area (Å²) in [5.41, 5.74) is 2.15. The second kappa shape index (κ2) is 8.91. The SMILES string of the molecule is CC(NC(=O)C1CCNC1)c1cccc(-n2ccnc2)c1.Cl.Cl. The first-order valence-corrected chi connectivity index (χ1v) is 7.33. The Morgan fingerprint density at radius 1 is 1.43 bits per heavy atom. The molecule has 0 saturated carbocycles. The Bertz CT molecular complexity index is 612. The van der Waals surface area contributed by atoms with Crippen molar-refractivity contribution in [3.05, 3.63) is 48.5 Å². The molecule has 0 aliphatic carbocycles. The van der Waals surface area contributed by atoms with Crippen LogP contribution in [0.4, 0.5) is 0 Å². The highest BCUT2D eigenvalue weighted by Gasteiger charge is 2.23. The van der Waals surface area contributed by atoms with E-state index in [4.69, 9.17) is 0 Å². The zero-order valence-electron chi connectivity index (χ0n) is 12.9. The van der Waals surface area contributed by atoms with Crippen LogP contribution in [0.3, 0.4) is 0 Å². The zero-order chi connectivity index (χ0) is 14.7. The maximum absolute atomic E-state index is 12.2. The summed E-state index contributed by atoms with van der Waals surface area (Å²) in [4.78, 5) is 16.2. The van der Waals surface area contributed by atoms with Gasteiger partial charge in [-0.2, -0.15) is 0 Å². The molecule has 2 aromatic rings. The Kier molecular flexibility index (Phi) is 7.55. The molecule has 3 rings (SSSR count). The molecule has 0 radical (unpaired) electrons. The molecule has 2 unspecified atom stereocenters. The summed E-state index contributed by atoms with van der Waals surface area (Å²) < 4.78 is 1.96. The highest BCUT2D eigenvalue weighted by molar-refractivity contribution is 5.85. The van der Waals surface area contributed by atoms with Crippen molar-refractivity contribution in [3.8, 4) is 5.69 Å². The van der Waals surface area contributed by atoms with Gasteiger partial charge in [-0.25, -0.2) is 4.98 Å². The van der Waals surface area contributed by atoms with Gasteiger partial charge in [-0.1, -0.05) is 12.1 Å². The molecule has 1 aromatic heterocycles. The number of nitrogens with zero attached hydrogens (tertiary/aromatic N) is 2. The maximum Gasteiger partial charge on any atom is 0.224 e. The third kappa shape index (κ3) is 4.70. The largest absolute Gasteiger partial charge is 0.349 e. The quantitative estimate of drug-likeness (QED) is 0.884. The third-order valence-electron chi connectivity index (χ3n) is 3.96. The Hall–Kier alpha value is -1.56. The number of benzene rings is 1. The van der Waals surface area contributed by atoms with Crippen LogP contribution in [0.2, 0.25) is 0 Å². The first-order valence-electron chi connectivity index (χ1n) is 7.33. The van der Waals surface area contributed by atoms with E-state index >= 15 is 0 Å². The van der Waals surface area contributed by atoms with Crippen LogP contribution in [0.5, 0.6) is 0 Å². The predicted molar refractivity (Wildman–Crippen MR) is 95.6 cm³/mol. The average Bonchev–Trinajstić information content (AvgIpc) is 3.20. The van der Waals surface area contributed by atoms with Gasteiger partial charge in [0.2, 0.25) is 5.91 Å². The summed E-state index contributed by atoms with van der Waals surface area (Å²) in [6, 6.07) is 8.16. The molecule has 1 saturated heterocycles. The number of imidazole rings is 1. The van der Waals surface area contributed by atoms with E-state index in [1.165, 1.54) is 0 Å². The second-order valence-electron chi connectivity index (χ2n) is 5.48. The fourth-order valence-corrected chi connectivity index (χ4v) is 2.66. The van der Waals surface area contributed by atoms with E-state index in [2.05, 4.69) is 21.7 Å². The first-order chi connectivity index (χ1) is 10.2. The molecule has 23 heavy (non-hydrogen) atoms. The molecule has 5 nitrogen and oxygen atoms in total. The highest BCUT2D eigenvalue weighted by Crippen LogP contribution is 2.18. The van der Waals surface area contributed by atoms with Gasteiger partial charge < -0.3 is 15.2 Å². The van der Waals surface area contributed by atoms with Gasteiger partial charge in [-0.15, -0.1) is 24.8 Å². The van der Waals surface area contributed by atoms with Crippen molar-refractivity contribution < 1.29 is 4.79 Å². The van der Waals surface area contributed by atoms with E-state index in [1.807, 2.05) is 35.9 Å². The Morgan fingerprint density at radius 3 is 2.91 bits per heavy atom. The van der Waals surface area contributed by atoms with Gasteiger partial charge in [0.25, 0.3) is 0 Å². The van der Waals surface area contributed by atoms with Crippen LogP contribution < -0.4 is 10.6 Å². The highest BCUT2D eigenvalue weighted by atomic mass is 35.5. The maximum atomic E-state index is 12.2. The smallest absolute Gasteiger partial charge is 0.224 e. The lowest BCUT2D eigenvalue weighted by Crippen LogP contribution is -2.33. The molecule has 0 bridgehead atoms. The van der Waals surface area contributed by atoms with Crippen molar-refractivity contribution in [1.82, 2.24) is 20.2 Å². The van der Waals surface area contributed by atoms with Crippen LogP contribution in [-0.2, 0) is 4.79 Å². The first kappa shape index (κ1) is 19.5. The summed E-state index contributed by atoms with van der Waals surface area (Å²) in [7, 11) is 0. The Balaban J connectivity index is 0.00000132. The molecule has 1 aliphatic rings. The lowest BCUT2D eigenvalue weighted by atomic mass is 10.0. The molecule has 1 aromatic carbocycles. The van der Waals surface area contributed by atoms with Gasteiger partial charge in [-0.3, -0.25) is 4.79 Å². The minimum absolute atomic E-state index is 0. The fraction of sp³-hybridized carbons (Fsp3) is 0.375. The van der Waals surface area contributed by atoms with Crippen molar-refractivity contribution in [2.45, 2.75) is 19.4 Å². The van der Waals surface area contributed by atoms with Crippen molar-refractivity contribution in [2.75, 3.05) is 13.1 Å². The van der Waals surface area contributed by atoms with Crippen LogP contribution in [0.15, 0.2) is 43.0 Å². The van der Waals surface area contributed by atoms with E-state index in [0.717, 1.165) is 30.8 Å². The fourth-order valence-electron chi connectivity index (χ4n) is 2.66. The molecular weight excluding hydrogens is 335 g/mol. The monoisotopic (exact) mass is 356 g/mol. The molecule has 2 N–H and O–H groups in total. The zero-order valence-corrected chi connectivity index (χ0v) is 14.6. The molecule has 1 fully saturated rings. The van der Waals surface area contributed by atoms with Gasteiger partial charge in [0.05, 0.1) is 18.3 Å². The molecule has 0 spiro atoms. The summed E-state index contributed by atoms with van der Waals surface area (Å²) in [5, 5.41) is 6.33. The average molecular weight is 357 g/mol. The minimum Gasteiger partial charge on any atom is -0.349 e. The van der Waals surface area contributed by atoms with Crippen LogP contribution in [-0.4, -0.2) is 28.5 Å². The number of hydrogen-bond acceptors (Lipinski definition) is 3. The summed E-state index contributed by atoms with van der Waals surface area (Å²) >= 11 is 0. The number of aromatic nitrogens is 2. The van der Waals surface area contributed by atoms with Crippen molar-refractivity contribution in [1.29, 1.82) is 0 Å². The van der Waals surface area contributed by atoms with Gasteiger partial charge in [0.15, 0.2) is 0 Å². The van der Waals surface area contributed by atoms with Crippen LogP contribution in [0, 0.1) is 5.92 Å². The molecule has 1 aliphatic heterocycles. The molecule has 1 amide bonds.